The summed E-state index contributed by atoms with van der Waals surface area (Å²) in [5.41, 5.74) is 0. The zero-order valence-electron chi connectivity index (χ0n) is 5.83. The predicted molar refractivity (Wildman–Crippen MR) is 49.4 cm³/mol. The van der Waals surface area contributed by atoms with Crippen molar-refractivity contribution in [3.8, 4) is 0 Å². The lowest BCUT2D eigenvalue weighted by atomic mass is 10.3. The summed E-state index contributed by atoms with van der Waals surface area (Å²) in [4.78, 5) is 10.8. The van der Waals surface area contributed by atoms with Crippen LogP contribution in [0.4, 0.5) is 0 Å². The van der Waals surface area contributed by atoms with Crippen molar-refractivity contribution in [3.63, 3.8) is 0 Å². The Morgan fingerprint density at radius 2 is 1.64 bits per heavy atom. The van der Waals surface area contributed by atoms with E-state index in [1.54, 1.807) is 12.2 Å². The molecule has 1 aliphatic rings. The maximum Gasteiger partial charge on any atom is 0.178 e. The van der Waals surface area contributed by atoms with Gasteiger partial charge in [-0.2, -0.15) is 0 Å². The molecule has 0 saturated carbocycles. The van der Waals surface area contributed by atoms with Gasteiger partial charge in [-0.3, -0.25) is 4.79 Å². The van der Waals surface area contributed by atoms with Crippen LogP contribution in [0.3, 0.4) is 0 Å². The summed E-state index contributed by atoms with van der Waals surface area (Å²) < 4.78 is 0.952. The lowest BCUT2D eigenvalue weighted by Gasteiger charge is -1.80. The smallest absolute Gasteiger partial charge is 0.178 e. The first-order valence-electron chi connectivity index (χ1n) is 3.21. The fourth-order valence-electron chi connectivity index (χ4n) is 0.644. The Balaban J connectivity index is 2.89. The molecule has 0 aromatic heterocycles. The highest BCUT2D eigenvalue weighted by atomic mass is 79.9. The van der Waals surface area contributed by atoms with Crippen molar-refractivity contribution in [2.24, 2.45) is 0 Å². The Bertz CT molecular complexity index is 269. The van der Waals surface area contributed by atoms with E-state index in [9.17, 15) is 4.79 Å². The molecule has 2 heteroatoms. The molecule has 56 valence electrons. The van der Waals surface area contributed by atoms with Gasteiger partial charge in [0.15, 0.2) is 5.78 Å². The van der Waals surface area contributed by atoms with Gasteiger partial charge < -0.3 is 0 Å². The van der Waals surface area contributed by atoms with Gasteiger partial charge in [0.1, 0.15) is 0 Å². The topological polar surface area (TPSA) is 17.1 Å². The van der Waals surface area contributed by atoms with E-state index in [0.29, 0.717) is 0 Å². The Hall–Kier alpha value is -0.890. The maximum absolute atomic E-state index is 10.8. The van der Waals surface area contributed by atoms with Crippen LogP contribution in [0.15, 0.2) is 47.0 Å². The van der Waals surface area contributed by atoms with Crippen LogP contribution >= 0.6 is 15.9 Å². The van der Waals surface area contributed by atoms with Gasteiger partial charge in [-0.25, -0.2) is 0 Å². The van der Waals surface area contributed by atoms with Gasteiger partial charge in [0.2, 0.25) is 0 Å². The van der Waals surface area contributed by atoms with E-state index < -0.39 is 0 Å². The number of hydrogen-bond acceptors (Lipinski definition) is 1. The fourth-order valence-corrected chi connectivity index (χ4v) is 0.949. The molecule has 0 unspecified atom stereocenters. The van der Waals surface area contributed by atoms with E-state index >= 15 is 0 Å². The average Bonchev–Trinajstić information content (AvgIpc) is 2.04. The van der Waals surface area contributed by atoms with Crippen LogP contribution < -0.4 is 0 Å². The van der Waals surface area contributed by atoms with E-state index in [-0.39, 0.29) is 5.78 Å². The number of ketones is 1. The van der Waals surface area contributed by atoms with Crippen LogP contribution in [0.2, 0.25) is 0 Å². The fraction of sp³-hybridized carbons (Fsp3) is 0. The van der Waals surface area contributed by atoms with Crippen molar-refractivity contribution in [3.05, 3.63) is 47.0 Å². The highest BCUT2D eigenvalue weighted by molar-refractivity contribution is 9.11. The van der Waals surface area contributed by atoms with Crippen LogP contribution in [-0.4, -0.2) is 5.78 Å². The molecule has 0 heterocycles. The molecular weight excluding hydrogens is 204 g/mol. The van der Waals surface area contributed by atoms with Crippen molar-refractivity contribution < 1.29 is 4.79 Å². The van der Waals surface area contributed by atoms with Crippen molar-refractivity contribution in [1.29, 1.82) is 0 Å². The summed E-state index contributed by atoms with van der Waals surface area (Å²) in [5, 5.41) is 0. The summed E-state index contributed by atoms with van der Waals surface area (Å²) >= 11 is 3.31. The SMILES string of the molecule is O=C1C=C\C=C(Br)/C=C\C=C/1. The van der Waals surface area contributed by atoms with Gasteiger partial charge in [0.05, 0.1) is 0 Å². The molecule has 0 aromatic rings. The molecule has 0 radical (unpaired) electrons. The molecular formula is C9H7BrO. The number of allylic oxidation sites excluding steroid dienone is 8. The normalized spacial score (nSPS) is 27.7. The molecule has 0 bridgehead atoms. The Labute approximate surface area is 73.9 Å². The number of carbonyl (C=O) groups is 1. The highest BCUT2D eigenvalue weighted by Gasteiger charge is 1.87. The zero-order chi connectivity index (χ0) is 8.10. The molecule has 1 aliphatic carbocycles. The molecule has 0 saturated heterocycles. The minimum atomic E-state index is 0.00750. The molecule has 0 amide bonds. The first-order chi connectivity index (χ1) is 5.29. The number of rotatable bonds is 0. The second-order valence-corrected chi connectivity index (χ2v) is 2.95. The van der Waals surface area contributed by atoms with E-state index in [2.05, 4.69) is 15.9 Å². The maximum atomic E-state index is 10.8. The molecule has 0 aromatic carbocycles. The molecule has 1 rings (SSSR count). The Morgan fingerprint density at radius 1 is 1.00 bits per heavy atom. The number of halogens is 1. The standard InChI is InChI=1S/C9H7BrO/c10-8-4-1-2-6-9(11)7-3-5-8/h1-7H/b4-1-,6-2-,7-3?,8-5+. The second kappa shape index (κ2) is 4.09. The van der Waals surface area contributed by atoms with Gasteiger partial charge in [-0.05, 0) is 24.3 Å². The minimum absolute atomic E-state index is 0.00750. The van der Waals surface area contributed by atoms with Crippen molar-refractivity contribution in [1.82, 2.24) is 0 Å². The summed E-state index contributed by atoms with van der Waals surface area (Å²) in [6.07, 6.45) is 12.0. The summed E-state index contributed by atoms with van der Waals surface area (Å²) in [6.45, 7) is 0. The van der Waals surface area contributed by atoms with Crippen LogP contribution in [0.5, 0.6) is 0 Å². The minimum Gasteiger partial charge on any atom is -0.290 e. The molecule has 0 spiro atoms. The lowest BCUT2D eigenvalue weighted by molar-refractivity contribution is -0.110. The molecule has 11 heavy (non-hydrogen) atoms. The second-order valence-electron chi connectivity index (χ2n) is 2.03. The molecule has 1 nitrogen and oxygen atoms in total. The van der Waals surface area contributed by atoms with Gasteiger partial charge in [-0.15, -0.1) is 0 Å². The van der Waals surface area contributed by atoms with Crippen LogP contribution in [0.25, 0.3) is 0 Å². The zero-order valence-corrected chi connectivity index (χ0v) is 7.41. The van der Waals surface area contributed by atoms with E-state index in [1.165, 1.54) is 12.2 Å². The van der Waals surface area contributed by atoms with Crippen molar-refractivity contribution >= 4 is 21.7 Å². The summed E-state index contributed by atoms with van der Waals surface area (Å²) in [7, 11) is 0. The van der Waals surface area contributed by atoms with E-state index in [1.807, 2.05) is 18.2 Å². The van der Waals surface area contributed by atoms with Gasteiger partial charge in [-0.1, -0.05) is 34.2 Å². The molecule has 0 fully saturated rings. The Kier molecular flexibility index (Phi) is 3.05. The predicted octanol–water partition coefficient (Wildman–Crippen LogP) is 2.52. The number of hydrogen-bond donors (Lipinski definition) is 0. The van der Waals surface area contributed by atoms with Gasteiger partial charge >= 0.3 is 0 Å². The first kappa shape index (κ1) is 8.21. The van der Waals surface area contributed by atoms with E-state index in [4.69, 9.17) is 0 Å². The lowest BCUT2D eigenvalue weighted by Crippen LogP contribution is -1.81. The Morgan fingerprint density at radius 3 is 2.45 bits per heavy atom. The van der Waals surface area contributed by atoms with Gasteiger partial charge in [0, 0.05) is 4.48 Å². The largest absolute Gasteiger partial charge is 0.290 e. The average molecular weight is 211 g/mol. The van der Waals surface area contributed by atoms with Crippen molar-refractivity contribution in [2.75, 3.05) is 0 Å². The van der Waals surface area contributed by atoms with Crippen LogP contribution in [-0.2, 0) is 4.79 Å². The summed E-state index contributed by atoms with van der Waals surface area (Å²) in [6, 6.07) is 0. The third-order valence-electron chi connectivity index (χ3n) is 1.14. The van der Waals surface area contributed by atoms with Crippen LogP contribution in [0.1, 0.15) is 0 Å². The third-order valence-corrected chi connectivity index (χ3v) is 1.67. The van der Waals surface area contributed by atoms with Gasteiger partial charge in [0.25, 0.3) is 0 Å². The molecule has 0 atom stereocenters. The summed E-state index contributed by atoms with van der Waals surface area (Å²) in [5.74, 6) is 0.00750. The van der Waals surface area contributed by atoms with Crippen molar-refractivity contribution in [2.45, 2.75) is 0 Å². The highest BCUT2D eigenvalue weighted by Crippen LogP contribution is 2.07. The monoisotopic (exact) mass is 210 g/mol. The quantitative estimate of drug-likeness (QED) is 0.601. The number of carbonyl (C=O) groups excluding carboxylic acids is 1. The molecule has 0 N–H and O–H groups in total. The molecule has 0 aliphatic heterocycles. The third kappa shape index (κ3) is 3.14. The van der Waals surface area contributed by atoms with E-state index in [0.717, 1.165) is 4.48 Å². The first-order valence-corrected chi connectivity index (χ1v) is 4.01. The van der Waals surface area contributed by atoms with Crippen LogP contribution in [0, 0.1) is 0 Å².